The van der Waals surface area contributed by atoms with Gasteiger partial charge >= 0.3 is 5.97 Å². The maximum absolute atomic E-state index is 12.6. The number of ether oxygens (including phenoxy) is 2. The molecule has 1 aliphatic rings. The van der Waals surface area contributed by atoms with Gasteiger partial charge in [0.15, 0.2) is 6.61 Å². The lowest BCUT2D eigenvalue weighted by Gasteiger charge is -2.17. The van der Waals surface area contributed by atoms with Gasteiger partial charge in [-0.3, -0.25) is 4.79 Å². The third-order valence-corrected chi connectivity index (χ3v) is 3.92. The van der Waals surface area contributed by atoms with Crippen LogP contribution in [-0.4, -0.2) is 47.7 Å². The van der Waals surface area contributed by atoms with Crippen LogP contribution in [0.5, 0.6) is 11.5 Å². The summed E-state index contributed by atoms with van der Waals surface area (Å²) >= 11 is 0. The number of para-hydroxylation sites is 1. The van der Waals surface area contributed by atoms with E-state index >= 15 is 0 Å². The molecule has 6 nitrogen and oxygen atoms in total. The Labute approximate surface area is 145 Å². The summed E-state index contributed by atoms with van der Waals surface area (Å²) < 4.78 is 11.0. The molecule has 1 atom stereocenters. The van der Waals surface area contributed by atoms with Crippen LogP contribution in [0.4, 0.5) is 0 Å². The lowest BCUT2D eigenvalue weighted by Crippen LogP contribution is -2.30. The number of carboxylic acids is 1. The van der Waals surface area contributed by atoms with Gasteiger partial charge in [-0.2, -0.15) is 0 Å². The van der Waals surface area contributed by atoms with Crippen molar-refractivity contribution in [1.82, 2.24) is 4.90 Å². The van der Waals surface area contributed by atoms with E-state index in [1.54, 1.807) is 29.2 Å². The van der Waals surface area contributed by atoms with Gasteiger partial charge in [0.05, 0.1) is 6.54 Å². The molecule has 2 aromatic rings. The Bertz CT molecular complexity index is 746. The van der Waals surface area contributed by atoms with Gasteiger partial charge in [0, 0.05) is 18.5 Å². The second-order valence-corrected chi connectivity index (χ2v) is 5.80. The number of amides is 1. The highest BCUT2D eigenvalue weighted by Gasteiger charge is 2.28. The Kier molecular flexibility index (Phi) is 5.18. The fraction of sp³-hybridized carbons (Fsp3) is 0.263. The lowest BCUT2D eigenvalue weighted by molar-refractivity contribution is -0.139. The molecule has 130 valence electrons. The van der Waals surface area contributed by atoms with Gasteiger partial charge in [0.25, 0.3) is 5.91 Å². The zero-order valence-electron chi connectivity index (χ0n) is 13.6. The molecule has 1 aliphatic heterocycles. The standard InChI is InChI=1S/C19H19NO5/c21-18(22)13-24-16-8-4-5-14(11-16)19(23)20-10-9-17(12-20)25-15-6-2-1-3-7-15/h1-8,11,17H,9-10,12-13H2,(H,21,22)/t17-/m1/s1. The van der Waals surface area contributed by atoms with Gasteiger partial charge in [-0.1, -0.05) is 24.3 Å². The quantitative estimate of drug-likeness (QED) is 0.873. The maximum Gasteiger partial charge on any atom is 0.341 e. The van der Waals surface area contributed by atoms with Gasteiger partial charge in [-0.25, -0.2) is 4.79 Å². The fourth-order valence-electron chi connectivity index (χ4n) is 2.75. The van der Waals surface area contributed by atoms with E-state index < -0.39 is 12.6 Å². The highest BCUT2D eigenvalue weighted by Crippen LogP contribution is 2.21. The van der Waals surface area contributed by atoms with Crippen LogP contribution in [-0.2, 0) is 4.79 Å². The van der Waals surface area contributed by atoms with E-state index in [4.69, 9.17) is 14.6 Å². The minimum absolute atomic E-state index is 0.0298. The van der Waals surface area contributed by atoms with E-state index in [0.29, 0.717) is 24.4 Å². The van der Waals surface area contributed by atoms with Crippen LogP contribution in [0.3, 0.4) is 0 Å². The second kappa shape index (κ2) is 7.70. The Morgan fingerprint density at radius 2 is 1.84 bits per heavy atom. The average Bonchev–Trinajstić information content (AvgIpc) is 3.09. The molecule has 1 fully saturated rings. The minimum atomic E-state index is -1.06. The predicted molar refractivity (Wildman–Crippen MR) is 91.0 cm³/mol. The van der Waals surface area contributed by atoms with Crippen molar-refractivity contribution >= 4 is 11.9 Å². The molecule has 3 rings (SSSR count). The molecule has 0 aliphatic carbocycles. The number of carbonyl (C=O) groups excluding carboxylic acids is 1. The number of likely N-dealkylation sites (tertiary alicyclic amines) is 1. The molecule has 6 heteroatoms. The number of carbonyl (C=O) groups is 2. The zero-order valence-corrected chi connectivity index (χ0v) is 13.6. The first-order chi connectivity index (χ1) is 12.1. The van der Waals surface area contributed by atoms with Gasteiger partial charge in [-0.05, 0) is 30.3 Å². The molecule has 0 unspecified atom stereocenters. The Hall–Kier alpha value is -3.02. The summed E-state index contributed by atoms with van der Waals surface area (Å²) in [6.07, 6.45) is 0.744. The van der Waals surface area contributed by atoms with Crippen molar-refractivity contribution in [2.75, 3.05) is 19.7 Å². The van der Waals surface area contributed by atoms with E-state index in [-0.39, 0.29) is 12.0 Å². The Balaban J connectivity index is 1.60. The SMILES string of the molecule is O=C(O)COc1cccc(C(=O)N2CC[C@@H](Oc3ccccc3)C2)c1. The summed E-state index contributed by atoms with van der Waals surface area (Å²) in [6.45, 7) is 0.707. The number of hydrogen-bond donors (Lipinski definition) is 1. The lowest BCUT2D eigenvalue weighted by atomic mass is 10.2. The summed E-state index contributed by atoms with van der Waals surface area (Å²) in [4.78, 5) is 24.9. The zero-order chi connectivity index (χ0) is 17.6. The van der Waals surface area contributed by atoms with Crippen LogP contribution < -0.4 is 9.47 Å². The molecule has 0 spiro atoms. The number of rotatable bonds is 6. The number of nitrogens with zero attached hydrogens (tertiary/aromatic N) is 1. The molecule has 2 aromatic carbocycles. The third-order valence-electron chi connectivity index (χ3n) is 3.92. The van der Waals surface area contributed by atoms with Crippen LogP contribution in [0.15, 0.2) is 54.6 Å². The molecule has 1 N–H and O–H groups in total. The second-order valence-electron chi connectivity index (χ2n) is 5.80. The Morgan fingerprint density at radius 1 is 1.08 bits per heavy atom. The number of aliphatic carboxylic acids is 1. The van der Waals surface area contributed by atoms with Gasteiger partial charge in [-0.15, -0.1) is 0 Å². The van der Waals surface area contributed by atoms with Crippen molar-refractivity contribution in [3.63, 3.8) is 0 Å². The van der Waals surface area contributed by atoms with Crippen molar-refractivity contribution in [3.05, 3.63) is 60.2 Å². The van der Waals surface area contributed by atoms with Gasteiger partial charge < -0.3 is 19.5 Å². The predicted octanol–water partition coefficient (Wildman–Crippen LogP) is 2.44. The molecule has 0 saturated carbocycles. The number of benzene rings is 2. The number of hydrogen-bond acceptors (Lipinski definition) is 4. The van der Waals surface area contributed by atoms with Crippen LogP contribution >= 0.6 is 0 Å². The van der Waals surface area contributed by atoms with Crippen molar-refractivity contribution in [1.29, 1.82) is 0 Å². The summed E-state index contributed by atoms with van der Waals surface area (Å²) in [7, 11) is 0. The summed E-state index contributed by atoms with van der Waals surface area (Å²) in [5, 5.41) is 8.66. The normalized spacial score (nSPS) is 16.5. The molecule has 0 bridgehead atoms. The fourth-order valence-corrected chi connectivity index (χ4v) is 2.75. The van der Waals surface area contributed by atoms with Gasteiger partial charge in [0.2, 0.25) is 0 Å². The highest BCUT2D eigenvalue weighted by molar-refractivity contribution is 5.94. The third kappa shape index (κ3) is 4.50. The van der Waals surface area contributed by atoms with Crippen molar-refractivity contribution in [2.24, 2.45) is 0 Å². The topological polar surface area (TPSA) is 76.1 Å². The molecule has 1 saturated heterocycles. The summed E-state index contributed by atoms with van der Waals surface area (Å²) in [5.74, 6) is -0.00693. The van der Waals surface area contributed by atoms with Crippen LogP contribution in [0.25, 0.3) is 0 Å². The van der Waals surface area contributed by atoms with E-state index in [1.165, 1.54) is 0 Å². The van der Waals surface area contributed by atoms with E-state index in [0.717, 1.165) is 12.2 Å². The van der Waals surface area contributed by atoms with Crippen molar-refractivity contribution in [3.8, 4) is 11.5 Å². The summed E-state index contributed by atoms with van der Waals surface area (Å²) in [6, 6.07) is 16.1. The van der Waals surface area contributed by atoms with Crippen molar-refractivity contribution < 1.29 is 24.2 Å². The summed E-state index contributed by atoms with van der Waals surface area (Å²) in [5.41, 5.74) is 0.475. The first-order valence-corrected chi connectivity index (χ1v) is 8.07. The van der Waals surface area contributed by atoms with Crippen molar-refractivity contribution in [2.45, 2.75) is 12.5 Å². The van der Waals surface area contributed by atoms with Gasteiger partial charge in [0.1, 0.15) is 17.6 Å². The monoisotopic (exact) mass is 341 g/mol. The highest BCUT2D eigenvalue weighted by atomic mass is 16.5. The number of carboxylic acid groups (broad SMARTS) is 1. The van der Waals surface area contributed by atoms with Crippen LogP contribution in [0, 0.1) is 0 Å². The first kappa shape index (κ1) is 16.8. The van der Waals surface area contributed by atoms with E-state index in [1.807, 2.05) is 30.3 Å². The molecular formula is C19H19NO5. The molecule has 1 heterocycles. The molecule has 1 amide bonds. The van der Waals surface area contributed by atoms with E-state index in [9.17, 15) is 9.59 Å². The van der Waals surface area contributed by atoms with Crippen LogP contribution in [0.1, 0.15) is 16.8 Å². The molecule has 0 aromatic heterocycles. The molecule has 0 radical (unpaired) electrons. The first-order valence-electron chi connectivity index (χ1n) is 8.07. The molecular weight excluding hydrogens is 322 g/mol. The minimum Gasteiger partial charge on any atom is -0.489 e. The maximum atomic E-state index is 12.6. The average molecular weight is 341 g/mol. The molecule has 25 heavy (non-hydrogen) atoms. The van der Waals surface area contributed by atoms with Crippen LogP contribution in [0.2, 0.25) is 0 Å². The largest absolute Gasteiger partial charge is 0.489 e. The smallest absolute Gasteiger partial charge is 0.341 e. The Morgan fingerprint density at radius 3 is 2.60 bits per heavy atom. The van der Waals surface area contributed by atoms with E-state index in [2.05, 4.69) is 0 Å².